The molecule has 0 radical (unpaired) electrons. The van der Waals surface area contributed by atoms with Crippen molar-refractivity contribution in [2.45, 2.75) is 51.0 Å². The number of aliphatic hydroxyl groups is 3. The number of ether oxygens (including phenoxy) is 2. The molecule has 14 heavy (non-hydrogen) atoms. The van der Waals surface area contributed by atoms with Gasteiger partial charge < -0.3 is 24.8 Å². The predicted octanol–water partition coefficient (Wildman–Crippen LogP) is -0.760. The first-order valence-corrected chi connectivity index (χ1v) is 4.82. The van der Waals surface area contributed by atoms with E-state index in [2.05, 4.69) is 0 Å². The molecular formula is C9H18O5. The van der Waals surface area contributed by atoms with Crippen LogP contribution >= 0.6 is 0 Å². The molecule has 0 aromatic heterocycles. The highest BCUT2D eigenvalue weighted by molar-refractivity contribution is 4.82. The lowest BCUT2D eigenvalue weighted by Crippen LogP contribution is -2.50. The van der Waals surface area contributed by atoms with E-state index in [0.29, 0.717) is 0 Å². The van der Waals surface area contributed by atoms with Crippen LogP contribution in [0.1, 0.15) is 20.3 Å². The van der Waals surface area contributed by atoms with Gasteiger partial charge in [0.15, 0.2) is 6.29 Å². The van der Waals surface area contributed by atoms with Crippen LogP contribution < -0.4 is 0 Å². The first-order valence-electron chi connectivity index (χ1n) is 4.82. The molecule has 1 saturated heterocycles. The van der Waals surface area contributed by atoms with Crippen LogP contribution in [-0.2, 0) is 9.47 Å². The van der Waals surface area contributed by atoms with E-state index in [4.69, 9.17) is 14.6 Å². The lowest BCUT2D eigenvalue weighted by molar-refractivity contribution is -0.265. The SMILES string of the molecule is CC(C)OC1CC(O)[C@@H](O)C(CO)O1. The van der Waals surface area contributed by atoms with Gasteiger partial charge in [0.25, 0.3) is 0 Å². The summed E-state index contributed by atoms with van der Waals surface area (Å²) in [6, 6.07) is 0. The second kappa shape index (κ2) is 5.04. The van der Waals surface area contributed by atoms with Crippen LogP contribution in [0, 0.1) is 0 Å². The van der Waals surface area contributed by atoms with Crippen LogP contribution in [0.2, 0.25) is 0 Å². The summed E-state index contributed by atoms with van der Waals surface area (Å²) < 4.78 is 10.6. The number of hydrogen-bond acceptors (Lipinski definition) is 5. The van der Waals surface area contributed by atoms with Crippen molar-refractivity contribution < 1.29 is 24.8 Å². The summed E-state index contributed by atoms with van der Waals surface area (Å²) in [5.74, 6) is 0. The highest BCUT2D eigenvalue weighted by Crippen LogP contribution is 2.21. The summed E-state index contributed by atoms with van der Waals surface area (Å²) in [6.45, 7) is 3.39. The Bertz CT molecular complexity index is 173. The minimum atomic E-state index is -1.04. The Hall–Kier alpha value is -0.200. The second-order valence-electron chi connectivity index (χ2n) is 3.77. The van der Waals surface area contributed by atoms with Crippen LogP contribution in [0.25, 0.3) is 0 Å². The van der Waals surface area contributed by atoms with Crippen molar-refractivity contribution in [2.24, 2.45) is 0 Å². The molecule has 4 atom stereocenters. The molecule has 0 aromatic rings. The van der Waals surface area contributed by atoms with Gasteiger partial charge in [-0.25, -0.2) is 0 Å². The molecule has 1 rings (SSSR count). The van der Waals surface area contributed by atoms with E-state index in [1.165, 1.54) is 0 Å². The van der Waals surface area contributed by atoms with E-state index in [9.17, 15) is 10.2 Å². The Kier molecular flexibility index (Phi) is 4.28. The van der Waals surface area contributed by atoms with E-state index >= 15 is 0 Å². The predicted molar refractivity (Wildman–Crippen MR) is 48.6 cm³/mol. The molecule has 5 nitrogen and oxygen atoms in total. The fraction of sp³-hybridized carbons (Fsp3) is 1.00. The molecule has 0 aliphatic carbocycles. The van der Waals surface area contributed by atoms with Gasteiger partial charge in [-0.15, -0.1) is 0 Å². The molecule has 1 aliphatic rings. The molecule has 0 bridgehead atoms. The smallest absolute Gasteiger partial charge is 0.161 e. The molecule has 1 fully saturated rings. The maximum Gasteiger partial charge on any atom is 0.161 e. The minimum Gasteiger partial charge on any atom is -0.394 e. The fourth-order valence-electron chi connectivity index (χ4n) is 1.46. The van der Waals surface area contributed by atoms with Gasteiger partial charge in [-0.3, -0.25) is 0 Å². The average Bonchev–Trinajstić information content (AvgIpc) is 2.10. The quantitative estimate of drug-likeness (QED) is 0.565. The van der Waals surface area contributed by atoms with Gasteiger partial charge in [0, 0.05) is 6.42 Å². The first kappa shape index (κ1) is 11.9. The highest BCUT2D eigenvalue weighted by Gasteiger charge is 2.36. The van der Waals surface area contributed by atoms with Crippen LogP contribution in [0.4, 0.5) is 0 Å². The van der Waals surface area contributed by atoms with Crippen LogP contribution in [0.3, 0.4) is 0 Å². The third-order valence-electron chi connectivity index (χ3n) is 2.14. The van der Waals surface area contributed by atoms with Crippen molar-refractivity contribution in [3.8, 4) is 0 Å². The zero-order chi connectivity index (χ0) is 10.7. The van der Waals surface area contributed by atoms with Crippen molar-refractivity contribution in [3.05, 3.63) is 0 Å². The Labute approximate surface area is 83.3 Å². The van der Waals surface area contributed by atoms with E-state index in [0.717, 1.165) is 0 Å². The molecule has 1 aliphatic heterocycles. The first-order chi connectivity index (χ1) is 6.54. The van der Waals surface area contributed by atoms with Crippen molar-refractivity contribution in [2.75, 3.05) is 6.61 Å². The molecule has 3 N–H and O–H groups in total. The fourth-order valence-corrected chi connectivity index (χ4v) is 1.46. The summed E-state index contributed by atoms with van der Waals surface area (Å²) in [4.78, 5) is 0. The zero-order valence-corrected chi connectivity index (χ0v) is 8.46. The van der Waals surface area contributed by atoms with Crippen molar-refractivity contribution in [1.82, 2.24) is 0 Å². The molecule has 84 valence electrons. The normalized spacial score (nSPS) is 39.0. The van der Waals surface area contributed by atoms with Crippen LogP contribution in [0.5, 0.6) is 0 Å². The van der Waals surface area contributed by atoms with Crippen LogP contribution in [0.15, 0.2) is 0 Å². The lowest BCUT2D eigenvalue weighted by Gasteiger charge is -2.36. The molecule has 5 heteroatoms. The summed E-state index contributed by atoms with van der Waals surface area (Å²) in [7, 11) is 0. The number of rotatable bonds is 3. The van der Waals surface area contributed by atoms with Gasteiger partial charge in [-0.2, -0.15) is 0 Å². The number of hydrogen-bond donors (Lipinski definition) is 3. The monoisotopic (exact) mass is 206 g/mol. The lowest BCUT2D eigenvalue weighted by atomic mass is 10.0. The summed E-state index contributed by atoms with van der Waals surface area (Å²) in [5, 5.41) is 27.7. The third-order valence-corrected chi connectivity index (χ3v) is 2.14. The van der Waals surface area contributed by atoms with Gasteiger partial charge in [-0.05, 0) is 13.8 Å². The Morgan fingerprint density at radius 1 is 1.43 bits per heavy atom. The maximum absolute atomic E-state index is 9.44. The molecule has 0 amide bonds. The average molecular weight is 206 g/mol. The third kappa shape index (κ3) is 2.90. The van der Waals surface area contributed by atoms with Gasteiger partial charge >= 0.3 is 0 Å². The Balaban J connectivity index is 2.49. The van der Waals surface area contributed by atoms with E-state index < -0.39 is 24.6 Å². The largest absolute Gasteiger partial charge is 0.394 e. The topological polar surface area (TPSA) is 79.2 Å². The summed E-state index contributed by atoms with van der Waals surface area (Å²) >= 11 is 0. The molecule has 1 heterocycles. The maximum atomic E-state index is 9.44. The molecular weight excluding hydrogens is 188 g/mol. The molecule has 0 aromatic carbocycles. The van der Waals surface area contributed by atoms with Gasteiger partial charge in [0.1, 0.15) is 12.2 Å². The Morgan fingerprint density at radius 2 is 2.07 bits per heavy atom. The second-order valence-corrected chi connectivity index (χ2v) is 3.77. The molecule has 3 unspecified atom stereocenters. The van der Waals surface area contributed by atoms with Crippen molar-refractivity contribution >= 4 is 0 Å². The molecule has 0 saturated carbocycles. The number of aliphatic hydroxyl groups excluding tert-OH is 3. The van der Waals surface area contributed by atoms with Crippen molar-refractivity contribution in [1.29, 1.82) is 0 Å². The Morgan fingerprint density at radius 3 is 2.57 bits per heavy atom. The van der Waals surface area contributed by atoms with E-state index in [1.54, 1.807) is 0 Å². The van der Waals surface area contributed by atoms with E-state index in [1.807, 2.05) is 13.8 Å². The highest BCUT2D eigenvalue weighted by atomic mass is 16.7. The standard InChI is InChI=1S/C9H18O5/c1-5(2)13-8-3-6(11)9(12)7(4-10)14-8/h5-12H,3-4H2,1-2H3/t6?,7?,8?,9-/m1/s1. The van der Waals surface area contributed by atoms with Gasteiger partial charge in [0.05, 0.1) is 18.8 Å². The van der Waals surface area contributed by atoms with Gasteiger partial charge in [-0.1, -0.05) is 0 Å². The summed E-state index contributed by atoms with van der Waals surface area (Å²) in [6.07, 6.45) is -3.03. The molecule has 0 spiro atoms. The van der Waals surface area contributed by atoms with E-state index in [-0.39, 0.29) is 19.1 Å². The van der Waals surface area contributed by atoms with Crippen molar-refractivity contribution in [3.63, 3.8) is 0 Å². The zero-order valence-electron chi connectivity index (χ0n) is 8.46. The van der Waals surface area contributed by atoms with Gasteiger partial charge in [0.2, 0.25) is 0 Å². The van der Waals surface area contributed by atoms with Crippen LogP contribution in [-0.4, -0.2) is 52.6 Å². The minimum absolute atomic E-state index is 0.0122. The summed E-state index contributed by atoms with van der Waals surface area (Å²) in [5.41, 5.74) is 0.